The van der Waals surface area contributed by atoms with Crippen LogP contribution in [0.25, 0.3) is 0 Å². The van der Waals surface area contributed by atoms with Crippen molar-refractivity contribution in [1.29, 1.82) is 0 Å². The summed E-state index contributed by atoms with van der Waals surface area (Å²) in [4.78, 5) is 14.1. The zero-order valence-corrected chi connectivity index (χ0v) is 19.6. The molecule has 0 aromatic heterocycles. The van der Waals surface area contributed by atoms with E-state index in [1.807, 2.05) is 20.8 Å². The minimum Gasteiger partial charge on any atom is -0.444 e. The Balaban J connectivity index is 2.34. The number of hydroxylamine groups is 2. The summed E-state index contributed by atoms with van der Waals surface area (Å²) in [5, 5.41) is 15.4. The first-order chi connectivity index (χ1) is 13.4. The van der Waals surface area contributed by atoms with Crippen LogP contribution in [0.15, 0.2) is 0 Å². The maximum Gasteiger partial charge on any atom is 0.410 e. The van der Waals surface area contributed by atoms with Gasteiger partial charge in [0.15, 0.2) is 0 Å². The second kappa shape index (κ2) is 9.08. The number of nitrogens with zero attached hydrogens (tertiary/aromatic N) is 2. The number of rotatable bonds is 5. The Kier molecular flexibility index (Phi) is 7.64. The molecule has 7 nitrogen and oxygen atoms in total. The summed E-state index contributed by atoms with van der Waals surface area (Å²) in [6.07, 6.45) is 2.51. The fraction of sp³-hybridized carbons (Fsp3) is 0.955. The Morgan fingerprint density at radius 3 is 2.48 bits per heavy atom. The third-order valence-corrected chi connectivity index (χ3v) is 6.38. The van der Waals surface area contributed by atoms with Crippen molar-refractivity contribution < 1.29 is 24.2 Å². The lowest BCUT2D eigenvalue weighted by Crippen LogP contribution is -2.74. The van der Waals surface area contributed by atoms with Crippen LogP contribution in [0.4, 0.5) is 4.79 Å². The highest BCUT2D eigenvalue weighted by atomic mass is 16.6. The monoisotopic (exact) mass is 413 g/mol. The number of methoxy groups -OCH3 is 1. The molecule has 0 bridgehead atoms. The quantitative estimate of drug-likeness (QED) is 0.686. The number of likely N-dealkylation sites (N-methyl/N-ethyl adjacent to an activating group) is 1. The molecule has 0 aromatic carbocycles. The highest BCUT2D eigenvalue weighted by Crippen LogP contribution is 2.48. The second-order valence-electron chi connectivity index (χ2n) is 10.6. The molecule has 1 saturated heterocycles. The number of carbonyl (C=O) groups excluding carboxylic acids is 1. The molecule has 7 heteroatoms. The number of hydrogen-bond acceptors (Lipinski definition) is 5. The summed E-state index contributed by atoms with van der Waals surface area (Å²) in [5.74, 6) is 1.09. The van der Waals surface area contributed by atoms with Gasteiger partial charge in [0.05, 0.1) is 25.4 Å². The van der Waals surface area contributed by atoms with Crippen LogP contribution in [0.1, 0.15) is 60.8 Å². The maximum absolute atomic E-state index is 14.1. The van der Waals surface area contributed by atoms with Crippen LogP contribution < -0.4 is 0 Å². The normalized spacial score (nSPS) is 33.9. The number of carbonyl (C=O) groups is 1. The van der Waals surface area contributed by atoms with Crippen molar-refractivity contribution in [2.45, 2.75) is 77.5 Å². The summed E-state index contributed by atoms with van der Waals surface area (Å²) in [5.41, 5.74) is -2.14. The van der Waals surface area contributed by atoms with Crippen LogP contribution >= 0.6 is 0 Å². The lowest BCUT2D eigenvalue weighted by molar-refractivity contribution is -0.361. The van der Waals surface area contributed by atoms with Gasteiger partial charge in [-0.25, -0.2) is 4.79 Å². The van der Waals surface area contributed by atoms with Crippen LogP contribution in [0.2, 0.25) is 0 Å². The van der Waals surface area contributed by atoms with Gasteiger partial charge in [-0.15, -0.1) is 10.3 Å². The average molecular weight is 414 g/mol. The molecule has 2 rings (SSSR count). The number of amides is 1. The fourth-order valence-corrected chi connectivity index (χ4v) is 5.32. The molecular formula is C22H41N2O5. The molecule has 1 unspecified atom stereocenters. The Hall–Kier alpha value is -0.890. The maximum atomic E-state index is 14.1. The van der Waals surface area contributed by atoms with E-state index in [0.717, 1.165) is 19.3 Å². The molecule has 2 fully saturated rings. The van der Waals surface area contributed by atoms with Gasteiger partial charge in [0.1, 0.15) is 11.1 Å². The Morgan fingerprint density at radius 1 is 1.28 bits per heavy atom. The third-order valence-electron chi connectivity index (χ3n) is 6.38. The van der Waals surface area contributed by atoms with Gasteiger partial charge in [-0.3, -0.25) is 0 Å². The van der Waals surface area contributed by atoms with E-state index in [9.17, 15) is 10.0 Å². The zero-order valence-electron chi connectivity index (χ0n) is 19.6. The number of hydrogen-bond donors (Lipinski definition) is 0. The molecule has 169 valence electrons. The van der Waals surface area contributed by atoms with Crippen LogP contribution in [0.3, 0.4) is 0 Å². The smallest absolute Gasteiger partial charge is 0.410 e. The van der Waals surface area contributed by atoms with Crippen molar-refractivity contribution in [3.63, 3.8) is 0 Å². The van der Waals surface area contributed by atoms with E-state index < -0.39 is 22.8 Å². The largest absolute Gasteiger partial charge is 0.444 e. The van der Waals surface area contributed by atoms with Gasteiger partial charge in [-0.2, -0.15) is 0 Å². The van der Waals surface area contributed by atoms with E-state index in [-0.39, 0.29) is 25.7 Å². The Bertz CT molecular complexity index is 560. The zero-order chi connectivity index (χ0) is 22.0. The van der Waals surface area contributed by atoms with Crippen molar-refractivity contribution >= 4 is 6.09 Å². The van der Waals surface area contributed by atoms with Crippen molar-refractivity contribution in [3.8, 4) is 0 Å². The van der Waals surface area contributed by atoms with Crippen molar-refractivity contribution in [1.82, 2.24) is 9.96 Å². The van der Waals surface area contributed by atoms with Gasteiger partial charge in [0.25, 0.3) is 0 Å². The molecule has 1 spiro atoms. The van der Waals surface area contributed by atoms with Crippen LogP contribution in [0, 0.1) is 17.8 Å². The lowest BCUT2D eigenvalue weighted by Gasteiger charge is -2.59. The standard InChI is InChI=1S/C22H41N2O5/c1-16(2)18-10-9-17(3)11-22(18)15-28-14-21(13-27-8,24(22)26)12-23(7)19(25)29-20(4,5)6/h16-18H,9-15H2,1-8H3/t17-,18+,21-,22?/m1/s1. The van der Waals surface area contributed by atoms with Gasteiger partial charge in [-0.1, -0.05) is 27.2 Å². The molecular weight excluding hydrogens is 372 g/mol. The van der Waals surface area contributed by atoms with Gasteiger partial charge < -0.3 is 19.1 Å². The van der Waals surface area contributed by atoms with E-state index >= 15 is 0 Å². The van der Waals surface area contributed by atoms with Gasteiger partial charge >= 0.3 is 6.09 Å². The lowest BCUT2D eigenvalue weighted by atomic mass is 9.63. The van der Waals surface area contributed by atoms with Crippen LogP contribution in [-0.4, -0.2) is 73.3 Å². The fourth-order valence-electron chi connectivity index (χ4n) is 5.32. The molecule has 2 aliphatic rings. The number of ether oxygens (including phenoxy) is 3. The first-order valence-corrected chi connectivity index (χ1v) is 10.9. The van der Waals surface area contributed by atoms with E-state index in [2.05, 4.69) is 20.8 Å². The highest BCUT2D eigenvalue weighted by molar-refractivity contribution is 5.67. The van der Waals surface area contributed by atoms with Gasteiger partial charge in [0, 0.05) is 20.7 Å². The second-order valence-corrected chi connectivity index (χ2v) is 10.6. The molecule has 1 heterocycles. The van der Waals surface area contributed by atoms with Crippen LogP contribution in [0.5, 0.6) is 0 Å². The first-order valence-electron chi connectivity index (χ1n) is 10.9. The molecule has 1 radical (unpaired) electrons. The highest BCUT2D eigenvalue weighted by Gasteiger charge is 2.59. The predicted molar refractivity (Wildman–Crippen MR) is 111 cm³/mol. The first kappa shape index (κ1) is 24.4. The van der Waals surface area contributed by atoms with Gasteiger partial charge in [0.2, 0.25) is 0 Å². The minimum atomic E-state index is -0.956. The minimum absolute atomic E-state index is 0.195. The summed E-state index contributed by atoms with van der Waals surface area (Å²) in [6.45, 7) is 13.2. The van der Waals surface area contributed by atoms with Crippen molar-refractivity contribution in [3.05, 3.63) is 0 Å². The molecule has 0 N–H and O–H groups in total. The van der Waals surface area contributed by atoms with Gasteiger partial charge in [-0.05, 0) is 51.4 Å². The van der Waals surface area contributed by atoms with Crippen LogP contribution in [-0.2, 0) is 19.4 Å². The molecule has 0 aromatic rings. The number of morpholine rings is 1. The molecule has 4 atom stereocenters. The molecule has 1 aliphatic heterocycles. The molecule has 1 aliphatic carbocycles. The topological polar surface area (TPSA) is 71.1 Å². The third kappa shape index (κ3) is 5.24. The van der Waals surface area contributed by atoms with Crippen molar-refractivity contribution in [2.75, 3.05) is 40.5 Å². The Morgan fingerprint density at radius 2 is 1.93 bits per heavy atom. The van der Waals surface area contributed by atoms with E-state index in [1.54, 1.807) is 14.2 Å². The molecule has 29 heavy (non-hydrogen) atoms. The SMILES string of the molecule is COC[C@]1(CN(C)C(=O)OC(C)(C)C)COCC2(C[C@H](C)CC[C@H]2C(C)C)N1[O]. The summed E-state index contributed by atoms with van der Waals surface area (Å²) >= 11 is 0. The Labute approximate surface area is 176 Å². The summed E-state index contributed by atoms with van der Waals surface area (Å²) < 4.78 is 17.1. The van der Waals surface area contributed by atoms with E-state index in [4.69, 9.17) is 14.2 Å². The summed E-state index contributed by atoms with van der Waals surface area (Å²) in [6, 6.07) is 0. The van der Waals surface area contributed by atoms with E-state index in [0.29, 0.717) is 18.4 Å². The molecule has 1 amide bonds. The summed E-state index contributed by atoms with van der Waals surface area (Å²) in [7, 11) is 3.26. The predicted octanol–water partition coefficient (Wildman–Crippen LogP) is 3.75. The average Bonchev–Trinajstić information content (AvgIpc) is 2.58. The van der Waals surface area contributed by atoms with E-state index in [1.165, 1.54) is 9.96 Å². The molecule has 1 saturated carbocycles. The van der Waals surface area contributed by atoms with Crippen molar-refractivity contribution in [2.24, 2.45) is 17.8 Å².